The Hall–Kier alpha value is -2.13. The van der Waals surface area contributed by atoms with Crippen molar-refractivity contribution >= 4 is 11.0 Å². The van der Waals surface area contributed by atoms with Gasteiger partial charge in [0.05, 0.1) is 11.0 Å². The third-order valence-electron chi connectivity index (χ3n) is 5.79. The molecule has 3 heteroatoms. The Morgan fingerprint density at radius 1 is 0.862 bits per heavy atom. The maximum atomic E-state index is 5.02. The van der Waals surface area contributed by atoms with Crippen molar-refractivity contribution in [3.63, 3.8) is 0 Å². The predicted octanol–water partition coefficient (Wildman–Crippen LogP) is 6.61. The lowest BCUT2D eigenvalue weighted by Crippen LogP contribution is -2.28. The van der Waals surface area contributed by atoms with Gasteiger partial charge in [-0.3, -0.25) is 0 Å². The molecule has 2 aromatic carbocycles. The van der Waals surface area contributed by atoms with Gasteiger partial charge >= 0.3 is 0 Å². The molecular weight excluding hydrogens is 354 g/mol. The van der Waals surface area contributed by atoms with Crippen LogP contribution in [0, 0.1) is 13.8 Å². The van der Waals surface area contributed by atoms with E-state index in [2.05, 4.69) is 79.6 Å². The molecule has 3 nitrogen and oxygen atoms in total. The van der Waals surface area contributed by atoms with Gasteiger partial charge in [-0.05, 0) is 70.4 Å². The standard InChI is InChI=1S/C26H37N3/c1-5-7-16-28(17-8-6-2)18-11-19-29-25-13-10-9-12-24(25)27-26(29)23-15-14-21(3)20-22(23)4/h9-10,12-15,20H,5-8,11,16-19H2,1-4H3. The van der Waals surface area contributed by atoms with Crippen LogP contribution in [0.25, 0.3) is 22.4 Å². The monoisotopic (exact) mass is 391 g/mol. The predicted molar refractivity (Wildman–Crippen MR) is 126 cm³/mol. The van der Waals surface area contributed by atoms with E-state index >= 15 is 0 Å². The van der Waals surface area contributed by atoms with Crippen LogP contribution in [0.5, 0.6) is 0 Å². The van der Waals surface area contributed by atoms with E-state index in [0.717, 1.165) is 24.3 Å². The highest BCUT2D eigenvalue weighted by atomic mass is 15.1. The first-order valence-corrected chi connectivity index (χ1v) is 11.4. The minimum absolute atomic E-state index is 1.01. The van der Waals surface area contributed by atoms with Crippen LogP contribution >= 0.6 is 0 Å². The SMILES string of the molecule is CCCCN(CCCC)CCCn1c(-c2ccc(C)cc2C)nc2ccccc21. The van der Waals surface area contributed by atoms with Gasteiger partial charge in [-0.15, -0.1) is 0 Å². The molecule has 0 aliphatic carbocycles. The van der Waals surface area contributed by atoms with Crippen LogP contribution < -0.4 is 0 Å². The highest BCUT2D eigenvalue weighted by Crippen LogP contribution is 2.28. The summed E-state index contributed by atoms with van der Waals surface area (Å²) in [7, 11) is 0. The first-order chi connectivity index (χ1) is 14.1. The summed E-state index contributed by atoms with van der Waals surface area (Å²) in [6, 6.07) is 15.2. The van der Waals surface area contributed by atoms with Gasteiger partial charge < -0.3 is 9.47 Å². The molecule has 0 saturated carbocycles. The molecule has 0 aliphatic rings. The highest BCUT2D eigenvalue weighted by molar-refractivity contribution is 5.81. The Balaban J connectivity index is 1.82. The zero-order valence-corrected chi connectivity index (χ0v) is 18.7. The molecule has 0 aliphatic heterocycles. The summed E-state index contributed by atoms with van der Waals surface area (Å²) in [6.07, 6.45) is 6.29. The molecule has 0 fully saturated rings. The summed E-state index contributed by atoms with van der Waals surface area (Å²) in [5, 5.41) is 0. The van der Waals surface area contributed by atoms with Crippen molar-refractivity contribution in [3.8, 4) is 11.4 Å². The van der Waals surface area contributed by atoms with E-state index in [0.29, 0.717) is 0 Å². The number of hydrogen-bond donors (Lipinski definition) is 0. The first-order valence-electron chi connectivity index (χ1n) is 11.4. The fourth-order valence-corrected chi connectivity index (χ4v) is 4.12. The summed E-state index contributed by atoms with van der Waals surface area (Å²) in [4.78, 5) is 7.68. The Morgan fingerprint density at radius 2 is 1.55 bits per heavy atom. The minimum Gasteiger partial charge on any atom is -0.324 e. The van der Waals surface area contributed by atoms with Gasteiger partial charge in [0.2, 0.25) is 0 Å². The maximum absolute atomic E-state index is 5.02. The van der Waals surface area contributed by atoms with E-state index < -0.39 is 0 Å². The summed E-state index contributed by atoms with van der Waals surface area (Å²) >= 11 is 0. The van der Waals surface area contributed by atoms with Crippen molar-refractivity contribution in [1.82, 2.24) is 14.5 Å². The second-order valence-corrected chi connectivity index (χ2v) is 8.30. The zero-order chi connectivity index (χ0) is 20.6. The Bertz CT molecular complexity index is 901. The number of aromatic nitrogens is 2. The minimum atomic E-state index is 1.01. The molecule has 3 aromatic rings. The van der Waals surface area contributed by atoms with Gasteiger partial charge in [-0.2, -0.15) is 0 Å². The van der Waals surface area contributed by atoms with E-state index in [1.165, 1.54) is 67.5 Å². The number of imidazole rings is 1. The van der Waals surface area contributed by atoms with E-state index in [1.54, 1.807) is 0 Å². The molecule has 0 amide bonds. The zero-order valence-electron chi connectivity index (χ0n) is 18.7. The molecule has 1 aromatic heterocycles. The molecule has 0 N–H and O–H groups in total. The largest absolute Gasteiger partial charge is 0.324 e. The van der Waals surface area contributed by atoms with Crippen LogP contribution in [0.2, 0.25) is 0 Å². The van der Waals surface area contributed by atoms with Crippen LogP contribution in [0.3, 0.4) is 0 Å². The lowest BCUT2D eigenvalue weighted by Gasteiger charge is -2.22. The molecule has 0 saturated heterocycles. The van der Waals surface area contributed by atoms with E-state index in [1.807, 2.05) is 0 Å². The number of fused-ring (bicyclic) bond motifs is 1. The first kappa shape index (κ1) is 21.6. The Morgan fingerprint density at radius 3 is 2.24 bits per heavy atom. The summed E-state index contributed by atoms with van der Waals surface area (Å²) in [5.74, 6) is 1.11. The summed E-state index contributed by atoms with van der Waals surface area (Å²) in [5.41, 5.74) is 6.19. The van der Waals surface area contributed by atoms with Crippen LogP contribution in [0.15, 0.2) is 42.5 Å². The van der Waals surface area contributed by atoms with Crippen molar-refractivity contribution in [3.05, 3.63) is 53.6 Å². The quantitative estimate of drug-likeness (QED) is 0.366. The maximum Gasteiger partial charge on any atom is 0.141 e. The van der Waals surface area contributed by atoms with Gasteiger partial charge in [-0.1, -0.05) is 62.6 Å². The second kappa shape index (κ2) is 10.6. The lowest BCUT2D eigenvalue weighted by molar-refractivity contribution is 0.258. The Kier molecular flexibility index (Phi) is 7.88. The average molecular weight is 392 g/mol. The summed E-state index contributed by atoms with van der Waals surface area (Å²) in [6.45, 7) is 13.6. The fraction of sp³-hybridized carbons (Fsp3) is 0.500. The average Bonchev–Trinajstić information content (AvgIpc) is 3.08. The molecule has 0 unspecified atom stereocenters. The second-order valence-electron chi connectivity index (χ2n) is 8.30. The van der Waals surface area contributed by atoms with Crippen molar-refractivity contribution < 1.29 is 0 Å². The smallest absolute Gasteiger partial charge is 0.141 e. The van der Waals surface area contributed by atoms with Crippen LogP contribution in [-0.4, -0.2) is 34.1 Å². The van der Waals surface area contributed by atoms with Crippen LogP contribution in [-0.2, 0) is 6.54 Å². The van der Waals surface area contributed by atoms with Gasteiger partial charge in [0, 0.05) is 12.1 Å². The molecule has 0 bridgehead atoms. The number of aryl methyl sites for hydroxylation is 3. The third-order valence-corrected chi connectivity index (χ3v) is 5.79. The Labute approximate surface area is 176 Å². The number of hydrogen-bond acceptors (Lipinski definition) is 2. The molecule has 3 rings (SSSR count). The van der Waals surface area contributed by atoms with E-state index in [-0.39, 0.29) is 0 Å². The summed E-state index contributed by atoms with van der Waals surface area (Å²) < 4.78 is 2.44. The van der Waals surface area contributed by atoms with Gasteiger partial charge in [0.15, 0.2) is 0 Å². The van der Waals surface area contributed by atoms with Crippen LogP contribution in [0.1, 0.15) is 57.1 Å². The topological polar surface area (TPSA) is 21.1 Å². The molecule has 156 valence electrons. The molecule has 1 heterocycles. The number of para-hydroxylation sites is 2. The molecular formula is C26H37N3. The highest BCUT2D eigenvalue weighted by Gasteiger charge is 2.14. The molecule has 0 spiro atoms. The number of unbranched alkanes of at least 4 members (excludes halogenated alkanes) is 2. The molecule has 29 heavy (non-hydrogen) atoms. The van der Waals surface area contributed by atoms with Gasteiger partial charge in [-0.25, -0.2) is 4.98 Å². The molecule has 0 radical (unpaired) electrons. The van der Waals surface area contributed by atoms with Crippen LogP contribution in [0.4, 0.5) is 0 Å². The van der Waals surface area contributed by atoms with Crippen molar-refractivity contribution in [2.75, 3.05) is 19.6 Å². The lowest BCUT2D eigenvalue weighted by atomic mass is 10.1. The van der Waals surface area contributed by atoms with Crippen molar-refractivity contribution in [1.29, 1.82) is 0 Å². The van der Waals surface area contributed by atoms with Crippen molar-refractivity contribution in [2.24, 2.45) is 0 Å². The van der Waals surface area contributed by atoms with Gasteiger partial charge in [0.25, 0.3) is 0 Å². The molecule has 0 atom stereocenters. The fourth-order valence-electron chi connectivity index (χ4n) is 4.12. The van der Waals surface area contributed by atoms with E-state index in [9.17, 15) is 0 Å². The number of benzene rings is 2. The van der Waals surface area contributed by atoms with Crippen molar-refractivity contribution in [2.45, 2.75) is 66.3 Å². The third kappa shape index (κ3) is 5.48. The van der Waals surface area contributed by atoms with Gasteiger partial charge in [0.1, 0.15) is 5.82 Å². The number of rotatable bonds is 11. The normalized spacial score (nSPS) is 11.6. The number of nitrogens with zero attached hydrogens (tertiary/aromatic N) is 3. The van der Waals surface area contributed by atoms with E-state index in [4.69, 9.17) is 4.98 Å².